The minimum atomic E-state index is -0.865. The number of aliphatic hydroxyl groups is 1. The molecular formula is C22H24N2O3. The maximum absolute atomic E-state index is 13.0. The standard InChI is InChI=1S/C22H24N2O3/c25-19-11-14-24(15-22(19)12-4-13-23-21(22)27)20(26)18-9-7-17(8-10-18)16-5-2-1-3-6-16/h1-3,5-10,19,25H,4,11-15H2,(H,23,27)/t19-,22-/m1/s1. The number of likely N-dealkylation sites (tertiary alicyclic amines) is 1. The minimum Gasteiger partial charge on any atom is -0.392 e. The number of hydrogen-bond acceptors (Lipinski definition) is 3. The fourth-order valence-electron chi connectivity index (χ4n) is 4.24. The molecule has 4 rings (SSSR count). The highest BCUT2D eigenvalue weighted by atomic mass is 16.3. The molecular weight excluding hydrogens is 340 g/mol. The van der Waals surface area contributed by atoms with Crippen molar-refractivity contribution in [3.63, 3.8) is 0 Å². The van der Waals surface area contributed by atoms with E-state index in [9.17, 15) is 14.7 Å². The van der Waals surface area contributed by atoms with Gasteiger partial charge in [-0.25, -0.2) is 0 Å². The fraction of sp³-hybridized carbons (Fsp3) is 0.364. The van der Waals surface area contributed by atoms with Gasteiger partial charge in [-0.3, -0.25) is 9.59 Å². The Kier molecular flexibility index (Phi) is 4.70. The number of nitrogens with zero attached hydrogens (tertiary/aromatic N) is 1. The van der Waals surface area contributed by atoms with Crippen molar-refractivity contribution in [2.24, 2.45) is 5.41 Å². The van der Waals surface area contributed by atoms with E-state index in [1.54, 1.807) is 4.90 Å². The van der Waals surface area contributed by atoms with Crippen LogP contribution in [-0.2, 0) is 4.79 Å². The molecule has 5 nitrogen and oxygen atoms in total. The summed E-state index contributed by atoms with van der Waals surface area (Å²) in [4.78, 5) is 27.2. The van der Waals surface area contributed by atoms with Crippen molar-refractivity contribution in [2.75, 3.05) is 19.6 Å². The monoisotopic (exact) mass is 364 g/mol. The number of rotatable bonds is 2. The molecule has 2 aliphatic heterocycles. The average Bonchev–Trinajstić information content (AvgIpc) is 2.72. The molecule has 2 aromatic carbocycles. The lowest BCUT2D eigenvalue weighted by Crippen LogP contribution is -2.62. The summed E-state index contributed by atoms with van der Waals surface area (Å²) in [6.45, 7) is 1.39. The first-order valence-corrected chi connectivity index (χ1v) is 9.51. The van der Waals surface area contributed by atoms with Crippen LogP contribution in [0.5, 0.6) is 0 Å². The summed E-state index contributed by atoms with van der Waals surface area (Å²) in [7, 11) is 0. The summed E-state index contributed by atoms with van der Waals surface area (Å²) in [6.07, 6.45) is 1.19. The topological polar surface area (TPSA) is 69.6 Å². The van der Waals surface area contributed by atoms with Gasteiger partial charge in [0.05, 0.1) is 11.5 Å². The van der Waals surface area contributed by atoms with Crippen molar-refractivity contribution in [2.45, 2.75) is 25.4 Å². The van der Waals surface area contributed by atoms with Gasteiger partial charge in [-0.1, -0.05) is 42.5 Å². The fourth-order valence-corrected chi connectivity index (χ4v) is 4.24. The summed E-state index contributed by atoms with van der Waals surface area (Å²) < 4.78 is 0. The third-order valence-corrected chi connectivity index (χ3v) is 5.85. The van der Waals surface area contributed by atoms with E-state index in [-0.39, 0.29) is 18.4 Å². The smallest absolute Gasteiger partial charge is 0.253 e. The highest BCUT2D eigenvalue weighted by molar-refractivity contribution is 5.95. The molecule has 0 saturated carbocycles. The van der Waals surface area contributed by atoms with Gasteiger partial charge in [0, 0.05) is 25.2 Å². The number of carbonyl (C=O) groups excluding carboxylic acids is 2. The third-order valence-electron chi connectivity index (χ3n) is 5.85. The summed E-state index contributed by atoms with van der Waals surface area (Å²) in [6, 6.07) is 17.6. The summed E-state index contributed by atoms with van der Waals surface area (Å²) in [5.41, 5.74) is 1.91. The number of carbonyl (C=O) groups is 2. The van der Waals surface area contributed by atoms with Gasteiger partial charge in [0.2, 0.25) is 5.91 Å². The minimum absolute atomic E-state index is 0.0840. The summed E-state index contributed by atoms with van der Waals surface area (Å²) >= 11 is 0. The van der Waals surface area contributed by atoms with E-state index in [0.29, 0.717) is 31.5 Å². The molecule has 27 heavy (non-hydrogen) atoms. The molecule has 2 aromatic rings. The highest BCUT2D eigenvalue weighted by Gasteiger charge is 2.50. The number of aliphatic hydroxyl groups excluding tert-OH is 1. The second kappa shape index (κ2) is 7.16. The molecule has 2 atom stereocenters. The van der Waals surface area contributed by atoms with Gasteiger partial charge in [-0.15, -0.1) is 0 Å². The molecule has 0 unspecified atom stereocenters. The number of piperidine rings is 2. The highest BCUT2D eigenvalue weighted by Crippen LogP contribution is 2.37. The quantitative estimate of drug-likeness (QED) is 0.860. The maximum Gasteiger partial charge on any atom is 0.253 e. The predicted octanol–water partition coefficient (Wildman–Crippen LogP) is 2.46. The Balaban J connectivity index is 1.53. The van der Waals surface area contributed by atoms with Crippen molar-refractivity contribution < 1.29 is 14.7 Å². The van der Waals surface area contributed by atoms with Gasteiger partial charge >= 0.3 is 0 Å². The van der Waals surface area contributed by atoms with Crippen molar-refractivity contribution in [1.82, 2.24) is 10.2 Å². The Morgan fingerprint density at radius 2 is 1.78 bits per heavy atom. The number of nitrogens with one attached hydrogen (secondary N) is 1. The lowest BCUT2D eigenvalue weighted by molar-refractivity contribution is -0.147. The average molecular weight is 364 g/mol. The Hall–Kier alpha value is -2.66. The zero-order valence-electron chi connectivity index (χ0n) is 15.2. The van der Waals surface area contributed by atoms with E-state index < -0.39 is 11.5 Å². The van der Waals surface area contributed by atoms with E-state index in [1.165, 1.54) is 0 Å². The Bertz CT molecular complexity index is 834. The van der Waals surface area contributed by atoms with Crippen LogP contribution in [0.3, 0.4) is 0 Å². The first kappa shape index (κ1) is 17.7. The first-order valence-electron chi connectivity index (χ1n) is 9.51. The molecule has 2 fully saturated rings. The SMILES string of the molecule is O=C(c1ccc(-c2ccccc2)cc1)N1CC[C@@H](O)[C@@]2(CCCNC2=O)C1. The van der Waals surface area contributed by atoms with Gasteiger partial charge in [-0.05, 0) is 42.5 Å². The molecule has 0 radical (unpaired) electrons. The molecule has 0 bridgehead atoms. The van der Waals surface area contributed by atoms with E-state index >= 15 is 0 Å². The number of hydrogen-bond donors (Lipinski definition) is 2. The second-order valence-corrected chi connectivity index (χ2v) is 7.49. The molecule has 2 N–H and O–H groups in total. The number of amides is 2. The zero-order valence-corrected chi connectivity index (χ0v) is 15.2. The predicted molar refractivity (Wildman–Crippen MR) is 103 cm³/mol. The molecule has 2 amide bonds. The van der Waals surface area contributed by atoms with Crippen molar-refractivity contribution in [3.05, 3.63) is 60.2 Å². The van der Waals surface area contributed by atoms with E-state index in [4.69, 9.17) is 0 Å². The molecule has 0 aromatic heterocycles. The van der Waals surface area contributed by atoms with Crippen LogP contribution < -0.4 is 5.32 Å². The van der Waals surface area contributed by atoms with Crippen LogP contribution in [0.15, 0.2) is 54.6 Å². The maximum atomic E-state index is 13.0. The molecule has 1 spiro atoms. The zero-order chi connectivity index (χ0) is 18.9. The molecule has 140 valence electrons. The Morgan fingerprint density at radius 1 is 1.07 bits per heavy atom. The van der Waals surface area contributed by atoms with E-state index in [2.05, 4.69) is 5.32 Å². The number of benzene rings is 2. The molecule has 2 saturated heterocycles. The summed E-state index contributed by atoms with van der Waals surface area (Å²) in [5.74, 6) is -0.211. The van der Waals surface area contributed by atoms with Gasteiger partial charge in [0.15, 0.2) is 0 Å². The second-order valence-electron chi connectivity index (χ2n) is 7.49. The van der Waals surface area contributed by atoms with Crippen molar-refractivity contribution in [1.29, 1.82) is 0 Å². The van der Waals surface area contributed by atoms with Crippen LogP contribution in [0, 0.1) is 5.41 Å². The molecule has 0 aliphatic carbocycles. The van der Waals surface area contributed by atoms with Crippen LogP contribution in [0.1, 0.15) is 29.6 Å². The van der Waals surface area contributed by atoms with Gasteiger partial charge < -0.3 is 15.3 Å². The van der Waals surface area contributed by atoms with Crippen LogP contribution >= 0.6 is 0 Å². The van der Waals surface area contributed by atoms with E-state index in [1.807, 2.05) is 54.6 Å². The van der Waals surface area contributed by atoms with Crippen LogP contribution in [-0.4, -0.2) is 47.6 Å². The van der Waals surface area contributed by atoms with E-state index in [0.717, 1.165) is 17.5 Å². The lowest BCUT2D eigenvalue weighted by Gasteiger charge is -2.46. The van der Waals surface area contributed by atoms with Crippen LogP contribution in [0.25, 0.3) is 11.1 Å². The van der Waals surface area contributed by atoms with Gasteiger partial charge in [-0.2, -0.15) is 0 Å². The third kappa shape index (κ3) is 3.23. The summed E-state index contributed by atoms with van der Waals surface area (Å²) in [5, 5.41) is 13.3. The Labute approximate surface area is 159 Å². The van der Waals surface area contributed by atoms with Crippen LogP contribution in [0.2, 0.25) is 0 Å². The van der Waals surface area contributed by atoms with Gasteiger partial charge in [0.25, 0.3) is 5.91 Å². The normalized spacial score (nSPS) is 25.3. The molecule has 2 heterocycles. The molecule has 5 heteroatoms. The van der Waals surface area contributed by atoms with Crippen molar-refractivity contribution >= 4 is 11.8 Å². The van der Waals surface area contributed by atoms with Gasteiger partial charge in [0.1, 0.15) is 0 Å². The lowest BCUT2D eigenvalue weighted by atomic mass is 9.71. The Morgan fingerprint density at radius 3 is 2.48 bits per heavy atom. The van der Waals surface area contributed by atoms with Crippen LogP contribution in [0.4, 0.5) is 0 Å². The largest absolute Gasteiger partial charge is 0.392 e. The first-order chi connectivity index (χ1) is 13.1. The van der Waals surface area contributed by atoms with Crippen molar-refractivity contribution in [3.8, 4) is 11.1 Å². The molecule has 2 aliphatic rings.